The van der Waals surface area contributed by atoms with Gasteiger partial charge in [0, 0.05) is 19.1 Å². The lowest BCUT2D eigenvalue weighted by molar-refractivity contribution is 0.0789. The summed E-state index contributed by atoms with van der Waals surface area (Å²) in [7, 11) is -2.35. The topological polar surface area (TPSA) is 75.7 Å². The van der Waals surface area contributed by atoms with Gasteiger partial charge in [0.05, 0.1) is 17.6 Å². The second kappa shape index (κ2) is 8.78. The molecule has 0 bridgehead atoms. The molecule has 0 aliphatic carbocycles. The number of methoxy groups -OCH3 is 1. The van der Waals surface area contributed by atoms with Gasteiger partial charge in [0.2, 0.25) is 10.0 Å². The summed E-state index contributed by atoms with van der Waals surface area (Å²) in [6, 6.07) is 8.12. The average Bonchev–Trinajstić information content (AvgIpc) is 3.24. The van der Waals surface area contributed by atoms with Crippen LogP contribution in [-0.4, -0.2) is 39.4 Å². The van der Waals surface area contributed by atoms with Gasteiger partial charge in [-0.1, -0.05) is 12.1 Å². The lowest BCUT2D eigenvalue weighted by atomic mass is 9.97. The van der Waals surface area contributed by atoms with E-state index in [0.29, 0.717) is 18.8 Å². The van der Waals surface area contributed by atoms with Crippen LogP contribution >= 0.6 is 0 Å². The van der Waals surface area contributed by atoms with Gasteiger partial charge in [0.15, 0.2) is 0 Å². The van der Waals surface area contributed by atoms with Crippen molar-refractivity contribution in [2.45, 2.75) is 51.5 Å². The number of sulfonamides is 1. The second-order valence-corrected chi connectivity index (χ2v) is 9.71. The van der Waals surface area contributed by atoms with Crippen LogP contribution < -0.4 is 9.46 Å². The number of carbonyl (C=O) groups is 1. The fraction of sp³-hybridized carbons (Fsp3) is 0.435. The molecule has 1 aliphatic rings. The Kier molecular flexibility index (Phi) is 6.53. The van der Waals surface area contributed by atoms with E-state index in [9.17, 15) is 13.2 Å². The second-order valence-electron chi connectivity index (χ2n) is 8.00. The number of nitrogens with one attached hydrogen (secondary N) is 1. The van der Waals surface area contributed by atoms with Crippen LogP contribution in [0.25, 0.3) is 0 Å². The Morgan fingerprint density at radius 2 is 1.67 bits per heavy atom. The van der Waals surface area contributed by atoms with Gasteiger partial charge in [0.25, 0.3) is 5.91 Å². The SMILES string of the molecule is COc1ccc(S(=O)(=O)N[C@@H](C)c2cc(C)c(C)cc2C)cc1C(=O)N1CCCC1. The minimum atomic E-state index is -3.83. The molecule has 1 saturated heterocycles. The predicted octanol–water partition coefficient (Wildman–Crippen LogP) is 3.90. The molecule has 162 valence electrons. The van der Waals surface area contributed by atoms with Crippen LogP contribution in [-0.2, 0) is 10.0 Å². The summed E-state index contributed by atoms with van der Waals surface area (Å²) >= 11 is 0. The Labute approximate surface area is 179 Å². The van der Waals surface area contributed by atoms with Crippen LogP contribution in [0.5, 0.6) is 5.75 Å². The van der Waals surface area contributed by atoms with Crippen molar-refractivity contribution in [3.8, 4) is 5.75 Å². The highest BCUT2D eigenvalue weighted by Crippen LogP contribution is 2.27. The molecular formula is C23H30N2O4S. The van der Waals surface area contributed by atoms with Gasteiger partial charge in [-0.15, -0.1) is 0 Å². The Morgan fingerprint density at radius 1 is 1.03 bits per heavy atom. The summed E-state index contributed by atoms with van der Waals surface area (Å²) in [4.78, 5) is 14.7. The summed E-state index contributed by atoms with van der Waals surface area (Å²) in [5.74, 6) is 0.184. The molecule has 0 saturated carbocycles. The highest BCUT2D eigenvalue weighted by Gasteiger charge is 2.26. The normalized spacial score (nSPS) is 15.3. The Morgan fingerprint density at radius 3 is 2.30 bits per heavy atom. The molecule has 0 radical (unpaired) electrons. The van der Waals surface area contributed by atoms with E-state index in [1.807, 2.05) is 33.8 Å². The first kappa shape index (κ1) is 22.3. The van der Waals surface area contributed by atoms with Gasteiger partial charge in [-0.05, 0) is 81.0 Å². The van der Waals surface area contributed by atoms with Crippen molar-refractivity contribution in [3.05, 3.63) is 58.1 Å². The number of likely N-dealkylation sites (tertiary alicyclic amines) is 1. The first-order chi connectivity index (χ1) is 14.1. The van der Waals surface area contributed by atoms with Crippen LogP contribution in [0.15, 0.2) is 35.2 Å². The summed E-state index contributed by atoms with van der Waals surface area (Å²) in [5, 5.41) is 0. The van der Waals surface area contributed by atoms with Crippen molar-refractivity contribution in [1.82, 2.24) is 9.62 Å². The molecule has 2 aromatic carbocycles. The van der Waals surface area contributed by atoms with Gasteiger partial charge < -0.3 is 9.64 Å². The van der Waals surface area contributed by atoms with Crippen molar-refractivity contribution < 1.29 is 17.9 Å². The fourth-order valence-corrected chi connectivity index (χ4v) is 5.17. The summed E-state index contributed by atoms with van der Waals surface area (Å²) in [6.07, 6.45) is 1.92. The molecule has 1 heterocycles. The zero-order valence-corrected chi connectivity index (χ0v) is 19.1. The van der Waals surface area contributed by atoms with Crippen LogP contribution in [0.4, 0.5) is 0 Å². The maximum absolute atomic E-state index is 13.1. The molecular weight excluding hydrogens is 400 g/mol. The number of hydrogen-bond donors (Lipinski definition) is 1. The number of ether oxygens (including phenoxy) is 1. The van der Waals surface area contributed by atoms with Crippen LogP contribution in [0.2, 0.25) is 0 Å². The van der Waals surface area contributed by atoms with E-state index in [4.69, 9.17) is 4.74 Å². The van der Waals surface area contributed by atoms with Crippen molar-refractivity contribution in [2.24, 2.45) is 0 Å². The lowest BCUT2D eigenvalue weighted by Crippen LogP contribution is -2.30. The number of hydrogen-bond acceptors (Lipinski definition) is 4. The Balaban J connectivity index is 1.91. The highest BCUT2D eigenvalue weighted by atomic mass is 32.2. The number of benzene rings is 2. The molecule has 6 nitrogen and oxygen atoms in total. The van der Waals surface area contributed by atoms with Crippen molar-refractivity contribution in [3.63, 3.8) is 0 Å². The Hall–Kier alpha value is -2.38. The van der Waals surface area contributed by atoms with E-state index in [1.54, 1.807) is 11.0 Å². The molecule has 1 amide bonds. The molecule has 0 aromatic heterocycles. The first-order valence-corrected chi connectivity index (χ1v) is 11.7. The largest absolute Gasteiger partial charge is 0.496 e. The van der Waals surface area contributed by atoms with Gasteiger partial charge in [-0.3, -0.25) is 4.79 Å². The van der Waals surface area contributed by atoms with Crippen molar-refractivity contribution >= 4 is 15.9 Å². The van der Waals surface area contributed by atoms with E-state index in [2.05, 4.69) is 10.8 Å². The fourth-order valence-electron chi connectivity index (χ4n) is 3.93. The van der Waals surface area contributed by atoms with Gasteiger partial charge >= 0.3 is 0 Å². The molecule has 0 spiro atoms. The standard InChI is InChI=1S/C23H30N2O4S/c1-15-12-17(3)20(13-16(15)2)18(4)24-30(27,28)19-8-9-22(29-5)21(14-19)23(26)25-10-6-7-11-25/h8-9,12-14,18,24H,6-7,10-11H2,1-5H3/t18-/m0/s1. The van der Waals surface area contributed by atoms with Crippen LogP contribution in [0, 0.1) is 20.8 Å². The molecule has 1 fully saturated rings. The lowest BCUT2D eigenvalue weighted by Gasteiger charge is -2.20. The summed E-state index contributed by atoms with van der Waals surface area (Å²) in [5.41, 5.74) is 4.53. The van der Waals surface area contributed by atoms with Gasteiger partial charge in [-0.25, -0.2) is 13.1 Å². The molecule has 2 aromatic rings. The number of aryl methyl sites for hydroxylation is 3. The average molecular weight is 431 g/mol. The monoisotopic (exact) mass is 430 g/mol. The third-order valence-corrected chi connectivity index (χ3v) is 7.32. The molecule has 7 heteroatoms. The third-order valence-electron chi connectivity index (χ3n) is 5.79. The van der Waals surface area contributed by atoms with Gasteiger partial charge in [-0.2, -0.15) is 0 Å². The van der Waals surface area contributed by atoms with Crippen LogP contribution in [0.1, 0.15) is 58.4 Å². The predicted molar refractivity (Wildman–Crippen MR) is 118 cm³/mol. The molecule has 1 atom stereocenters. The van der Waals surface area contributed by atoms with E-state index in [1.165, 1.54) is 24.8 Å². The first-order valence-electron chi connectivity index (χ1n) is 10.2. The summed E-state index contributed by atoms with van der Waals surface area (Å²) < 4.78 is 34.3. The van der Waals surface area contributed by atoms with Crippen LogP contribution in [0.3, 0.4) is 0 Å². The minimum Gasteiger partial charge on any atom is -0.496 e. The molecule has 3 rings (SSSR count). The van der Waals surface area contributed by atoms with Gasteiger partial charge in [0.1, 0.15) is 5.75 Å². The van der Waals surface area contributed by atoms with Crippen molar-refractivity contribution in [1.29, 1.82) is 0 Å². The molecule has 1 N–H and O–H groups in total. The smallest absolute Gasteiger partial charge is 0.257 e. The Bertz CT molecular complexity index is 1060. The van der Waals surface area contributed by atoms with E-state index >= 15 is 0 Å². The molecule has 30 heavy (non-hydrogen) atoms. The maximum atomic E-state index is 13.1. The zero-order chi connectivity index (χ0) is 22.1. The number of carbonyl (C=O) groups excluding carboxylic acids is 1. The zero-order valence-electron chi connectivity index (χ0n) is 18.3. The molecule has 1 aliphatic heterocycles. The quantitative estimate of drug-likeness (QED) is 0.754. The minimum absolute atomic E-state index is 0.0548. The third kappa shape index (κ3) is 4.52. The number of rotatable bonds is 6. The number of amides is 1. The van der Waals surface area contributed by atoms with Crippen molar-refractivity contribution in [2.75, 3.05) is 20.2 Å². The maximum Gasteiger partial charge on any atom is 0.257 e. The summed E-state index contributed by atoms with van der Waals surface area (Å²) in [6.45, 7) is 9.22. The molecule has 0 unspecified atom stereocenters. The highest BCUT2D eigenvalue weighted by molar-refractivity contribution is 7.89. The van der Waals surface area contributed by atoms with E-state index in [-0.39, 0.29) is 16.4 Å². The number of nitrogens with zero attached hydrogens (tertiary/aromatic N) is 1. The van der Waals surface area contributed by atoms with E-state index < -0.39 is 16.1 Å². The van der Waals surface area contributed by atoms with E-state index in [0.717, 1.165) is 29.5 Å².